The van der Waals surface area contributed by atoms with Gasteiger partial charge < -0.3 is 19.9 Å². The average molecular weight is 458 g/mol. The normalized spacial score (nSPS) is 19.1. The molecule has 5 rings (SSSR count). The quantitative estimate of drug-likeness (QED) is 0.649. The number of amides is 2. The molecule has 1 N–H and O–H groups in total. The van der Waals surface area contributed by atoms with Crippen LogP contribution < -0.4 is 15.1 Å². The molecule has 10 heteroatoms. The lowest BCUT2D eigenvalue weighted by molar-refractivity contribution is -0.122. The number of hydrogen-bond donors (Lipinski definition) is 1. The van der Waals surface area contributed by atoms with Crippen molar-refractivity contribution in [3.8, 4) is 0 Å². The van der Waals surface area contributed by atoms with Crippen LogP contribution in [0.25, 0.3) is 10.2 Å². The topological polar surface area (TPSA) is 74.8 Å². The highest BCUT2D eigenvalue weighted by molar-refractivity contribution is 7.22. The Balaban J connectivity index is 1.28. The minimum absolute atomic E-state index is 0.0199. The average Bonchev–Trinajstić information content (AvgIpc) is 3.37. The number of fused-ring (bicyclic) bond motifs is 1. The molecular weight excluding hydrogens is 438 g/mol. The predicted octanol–water partition coefficient (Wildman–Crippen LogP) is 3.40. The maximum Gasteiger partial charge on any atom is 0.229 e. The van der Waals surface area contributed by atoms with Gasteiger partial charge in [0.15, 0.2) is 5.13 Å². The van der Waals surface area contributed by atoms with Crippen molar-refractivity contribution in [3.05, 3.63) is 48.0 Å². The number of thiazole rings is 1. The predicted molar refractivity (Wildman–Crippen MR) is 118 cm³/mol. The summed E-state index contributed by atoms with van der Waals surface area (Å²) >= 11 is 1.55. The van der Waals surface area contributed by atoms with Gasteiger partial charge in [-0.05, 0) is 30.3 Å². The summed E-state index contributed by atoms with van der Waals surface area (Å²) in [7, 11) is 0. The van der Waals surface area contributed by atoms with Gasteiger partial charge in [-0.2, -0.15) is 0 Å². The molecule has 2 saturated heterocycles. The molecule has 0 spiro atoms. The van der Waals surface area contributed by atoms with Gasteiger partial charge in [0, 0.05) is 43.5 Å². The maximum absolute atomic E-state index is 13.5. The van der Waals surface area contributed by atoms with E-state index in [2.05, 4.69) is 15.2 Å². The molecule has 2 fully saturated rings. The van der Waals surface area contributed by atoms with E-state index in [1.54, 1.807) is 17.4 Å². The van der Waals surface area contributed by atoms with Crippen molar-refractivity contribution < 1.29 is 23.1 Å². The molecule has 0 bridgehead atoms. The van der Waals surface area contributed by atoms with Crippen LogP contribution in [-0.2, 0) is 14.3 Å². The summed E-state index contributed by atoms with van der Waals surface area (Å²) in [5, 5.41) is 3.78. The third-order valence-corrected chi connectivity index (χ3v) is 6.66. The van der Waals surface area contributed by atoms with E-state index in [1.165, 1.54) is 4.90 Å². The Morgan fingerprint density at radius 3 is 2.62 bits per heavy atom. The van der Waals surface area contributed by atoms with E-state index in [1.807, 2.05) is 12.1 Å². The molecule has 32 heavy (non-hydrogen) atoms. The molecule has 1 unspecified atom stereocenters. The fourth-order valence-electron chi connectivity index (χ4n) is 3.95. The SMILES string of the molecule is O=C(Nc1ccc2nc(N3CCOCC3)sc2c1)C1CC(=O)N(c2cc(F)cc(F)c2)C1. The van der Waals surface area contributed by atoms with Crippen LogP contribution in [0.2, 0.25) is 0 Å². The Morgan fingerprint density at radius 2 is 1.88 bits per heavy atom. The van der Waals surface area contributed by atoms with Crippen molar-refractivity contribution in [2.45, 2.75) is 6.42 Å². The first-order valence-corrected chi connectivity index (χ1v) is 11.1. The molecule has 3 heterocycles. The molecule has 0 aliphatic carbocycles. The van der Waals surface area contributed by atoms with Gasteiger partial charge in [-0.1, -0.05) is 11.3 Å². The summed E-state index contributed by atoms with van der Waals surface area (Å²) in [5.74, 6) is -2.81. The molecule has 2 aliphatic rings. The van der Waals surface area contributed by atoms with Gasteiger partial charge in [-0.3, -0.25) is 9.59 Å². The number of aromatic nitrogens is 1. The van der Waals surface area contributed by atoms with Crippen LogP contribution in [0.5, 0.6) is 0 Å². The number of morpholine rings is 1. The number of ether oxygens (including phenoxy) is 1. The summed E-state index contributed by atoms with van der Waals surface area (Å²) < 4.78 is 33.4. The van der Waals surface area contributed by atoms with E-state index in [0.29, 0.717) is 18.9 Å². The first-order valence-electron chi connectivity index (χ1n) is 10.3. The van der Waals surface area contributed by atoms with Crippen LogP contribution >= 0.6 is 11.3 Å². The lowest BCUT2D eigenvalue weighted by Crippen LogP contribution is -2.36. The van der Waals surface area contributed by atoms with Crippen LogP contribution in [0.4, 0.5) is 25.3 Å². The minimum Gasteiger partial charge on any atom is -0.378 e. The molecular formula is C22H20F2N4O3S. The van der Waals surface area contributed by atoms with Gasteiger partial charge in [-0.25, -0.2) is 13.8 Å². The fourth-order valence-corrected chi connectivity index (χ4v) is 5.01. The minimum atomic E-state index is -0.769. The highest BCUT2D eigenvalue weighted by atomic mass is 32.1. The number of rotatable bonds is 4. The lowest BCUT2D eigenvalue weighted by Gasteiger charge is -2.25. The van der Waals surface area contributed by atoms with Crippen molar-refractivity contribution in [1.29, 1.82) is 0 Å². The number of halogens is 2. The van der Waals surface area contributed by atoms with Crippen LogP contribution in [0.1, 0.15) is 6.42 Å². The van der Waals surface area contributed by atoms with E-state index in [0.717, 1.165) is 46.6 Å². The van der Waals surface area contributed by atoms with Gasteiger partial charge in [0.2, 0.25) is 11.8 Å². The summed E-state index contributed by atoms with van der Waals surface area (Å²) in [6.07, 6.45) is -0.0199. The summed E-state index contributed by atoms with van der Waals surface area (Å²) in [6.45, 7) is 3.01. The number of nitrogens with one attached hydrogen (secondary N) is 1. The zero-order chi connectivity index (χ0) is 22.2. The molecule has 1 atom stereocenters. The number of anilines is 3. The summed E-state index contributed by atoms with van der Waals surface area (Å²) in [4.78, 5) is 33.3. The fraction of sp³-hybridized carbons (Fsp3) is 0.318. The molecule has 0 radical (unpaired) electrons. The van der Waals surface area contributed by atoms with E-state index in [4.69, 9.17) is 4.74 Å². The number of benzene rings is 2. The van der Waals surface area contributed by atoms with Gasteiger partial charge in [-0.15, -0.1) is 0 Å². The van der Waals surface area contributed by atoms with Crippen LogP contribution in [0.15, 0.2) is 36.4 Å². The first kappa shape index (κ1) is 20.8. The molecule has 2 amide bonds. The second-order valence-electron chi connectivity index (χ2n) is 7.80. The molecule has 2 aliphatic heterocycles. The van der Waals surface area contributed by atoms with Crippen molar-refractivity contribution >= 4 is 49.9 Å². The Bertz CT molecular complexity index is 1170. The van der Waals surface area contributed by atoms with Crippen molar-refractivity contribution in [1.82, 2.24) is 4.98 Å². The Morgan fingerprint density at radius 1 is 1.12 bits per heavy atom. The second-order valence-corrected chi connectivity index (χ2v) is 8.81. The van der Waals surface area contributed by atoms with Gasteiger partial charge in [0.25, 0.3) is 0 Å². The van der Waals surface area contributed by atoms with Gasteiger partial charge in [0.05, 0.1) is 29.3 Å². The van der Waals surface area contributed by atoms with Crippen LogP contribution in [0.3, 0.4) is 0 Å². The molecule has 0 saturated carbocycles. The molecule has 2 aromatic carbocycles. The molecule has 1 aromatic heterocycles. The maximum atomic E-state index is 13.5. The van der Waals surface area contributed by atoms with Gasteiger partial charge >= 0.3 is 0 Å². The number of carbonyl (C=O) groups is 2. The lowest BCUT2D eigenvalue weighted by atomic mass is 10.1. The Hall–Kier alpha value is -3.11. The zero-order valence-electron chi connectivity index (χ0n) is 17.0. The van der Waals surface area contributed by atoms with E-state index in [9.17, 15) is 18.4 Å². The highest BCUT2D eigenvalue weighted by Gasteiger charge is 2.35. The Labute approximate surface area is 186 Å². The first-order chi connectivity index (χ1) is 15.5. The van der Waals surface area contributed by atoms with E-state index in [-0.39, 0.29) is 30.5 Å². The molecule has 7 nitrogen and oxygen atoms in total. The number of carbonyl (C=O) groups excluding carboxylic acids is 2. The van der Waals surface area contributed by atoms with Crippen LogP contribution in [0, 0.1) is 17.6 Å². The van der Waals surface area contributed by atoms with E-state index < -0.39 is 17.6 Å². The number of hydrogen-bond acceptors (Lipinski definition) is 6. The summed E-state index contributed by atoms with van der Waals surface area (Å²) in [5.41, 5.74) is 1.58. The third-order valence-electron chi connectivity index (χ3n) is 5.58. The standard InChI is InChI=1S/C22H20F2N4O3S/c23-14-8-15(24)10-17(9-14)28-12-13(7-20(28)29)21(30)25-16-1-2-18-19(11-16)32-22(26-18)27-3-5-31-6-4-27/h1-2,8-11,13H,3-7,12H2,(H,25,30). The van der Waals surface area contributed by atoms with E-state index >= 15 is 0 Å². The van der Waals surface area contributed by atoms with Crippen LogP contribution in [-0.4, -0.2) is 49.6 Å². The largest absolute Gasteiger partial charge is 0.378 e. The molecule has 166 valence electrons. The summed E-state index contributed by atoms with van der Waals surface area (Å²) in [6, 6.07) is 8.42. The smallest absolute Gasteiger partial charge is 0.229 e. The zero-order valence-corrected chi connectivity index (χ0v) is 17.8. The van der Waals surface area contributed by atoms with Crippen molar-refractivity contribution in [3.63, 3.8) is 0 Å². The monoisotopic (exact) mass is 458 g/mol. The Kier molecular flexibility index (Phi) is 5.48. The number of nitrogens with zero attached hydrogens (tertiary/aromatic N) is 3. The van der Waals surface area contributed by atoms with Crippen molar-refractivity contribution in [2.75, 3.05) is 48.0 Å². The highest BCUT2D eigenvalue weighted by Crippen LogP contribution is 2.32. The van der Waals surface area contributed by atoms with Crippen molar-refractivity contribution in [2.24, 2.45) is 5.92 Å². The molecule has 3 aromatic rings. The second kappa shape index (κ2) is 8.44. The van der Waals surface area contributed by atoms with Gasteiger partial charge in [0.1, 0.15) is 11.6 Å². The third kappa shape index (κ3) is 4.15.